The molecule has 0 aromatic heterocycles. The highest BCUT2D eigenvalue weighted by molar-refractivity contribution is 5.94. The van der Waals surface area contributed by atoms with E-state index in [-0.39, 0.29) is 12.1 Å². The summed E-state index contributed by atoms with van der Waals surface area (Å²) in [5.41, 5.74) is 0.704. The molecule has 1 aliphatic heterocycles. The molecule has 1 aliphatic rings. The summed E-state index contributed by atoms with van der Waals surface area (Å²) in [6.45, 7) is 9.39. The fourth-order valence-corrected chi connectivity index (χ4v) is 2.83. The van der Waals surface area contributed by atoms with Crippen molar-refractivity contribution in [2.24, 2.45) is 5.29 Å². The second-order valence-electron chi connectivity index (χ2n) is 6.48. The molecule has 6 nitrogen and oxygen atoms in total. The van der Waals surface area contributed by atoms with Crippen LogP contribution in [0.2, 0.25) is 0 Å². The third-order valence-corrected chi connectivity index (χ3v) is 3.76. The van der Waals surface area contributed by atoms with Crippen LogP contribution in [0.25, 0.3) is 0 Å². The zero-order valence-corrected chi connectivity index (χ0v) is 13.7. The fraction of sp³-hybridized carbons (Fsp3) is 0.562. The van der Waals surface area contributed by atoms with E-state index in [0.717, 1.165) is 0 Å². The van der Waals surface area contributed by atoms with Crippen molar-refractivity contribution >= 4 is 17.5 Å². The van der Waals surface area contributed by atoms with E-state index in [4.69, 9.17) is 4.74 Å². The van der Waals surface area contributed by atoms with E-state index in [2.05, 4.69) is 5.29 Å². The third kappa shape index (κ3) is 2.91. The Morgan fingerprint density at radius 3 is 2.36 bits per heavy atom. The van der Waals surface area contributed by atoms with Crippen LogP contribution in [-0.2, 0) is 4.74 Å². The lowest BCUT2D eigenvalue weighted by molar-refractivity contribution is 0.0560. The first-order valence-corrected chi connectivity index (χ1v) is 7.54. The Hall–Kier alpha value is -2.11. The average molecular weight is 305 g/mol. The van der Waals surface area contributed by atoms with Gasteiger partial charge in [0.2, 0.25) is 0 Å². The normalized spacial score (nSPS) is 21.3. The minimum Gasteiger partial charge on any atom is -0.443 e. The number of benzene rings is 1. The molecule has 2 atom stereocenters. The molecule has 0 bridgehead atoms. The molecule has 6 heteroatoms. The molecule has 0 radical (unpaired) electrons. The van der Waals surface area contributed by atoms with Gasteiger partial charge >= 0.3 is 6.09 Å². The first-order valence-electron chi connectivity index (χ1n) is 7.54. The van der Waals surface area contributed by atoms with E-state index in [0.29, 0.717) is 17.8 Å². The highest BCUT2D eigenvalue weighted by Crippen LogP contribution is 2.40. The molecular weight excluding hydrogens is 282 g/mol. The van der Waals surface area contributed by atoms with Gasteiger partial charge in [0, 0.05) is 0 Å². The van der Waals surface area contributed by atoms with Crippen molar-refractivity contribution in [3.05, 3.63) is 29.2 Å². The molecule has 2 unspecified atom stereocenters. The Balaban J connectivity index is 2.48. The van der Waals surface area contributed by atoms with Crippen LogP contribution in [0.4, 0.5) is 16.2 Å². The van der Waals surface area contributed by atoms with Gasteiger partial charge in [0.1, 0.15) is 5.60 Å². The molecule has 0 saturated heterocycles. The molecule has 22 heavy (non-hydrogen) atoms. The fourth-order valence-electron chi connectivity index (χ4n) is 2.83. The molecule has 1 aromatic rings. The lowest BCUT2D eigenvalue weighted by Crippen LogP contribution is -2.56. The van der Waals surface area contributed by atoms with Crippen molar-refractivity contribution in [2.75, 3.05) is 9.91 Å². The van der Waals surface area contributed by atoms with Crippen LogP contribution in [-0.4, -0.2) is 23.8 Å². The van der Waals surface area contributed by atoms with Crippen molar-refractivity contribution in [1.82, 2.24) is 0 Å². The highest BCUT2D eigenvalue weighted by atomic mass is 16.6. The lowest BCUT2D eigenvalue weighted by Gasteiger charge is -2.44. The lowest BCUT2D eigenvalue weighted by atomic mass is 9.99. The molecule has 1 amide bonds. The predicted octanol–water partition coefficient (Wildman–Crippen LogP) is 4.10. The van der Waals surface area contributed by atoms with Crippen molar-refractivity contribution < 1.29 is 9.53 Å². The van der Waals surface area contributed by atoms with Crippen molar-refractivity contribution in [2.45, 2.75) is 58.7 Å². The van der Waals surface area contributed by atoms with Crippen molar-refractivity contribution in [1.29, 1.82) is 0 Å². The van der Waals surface area contributed by atoms with Gasteiger partial charge in [-0.05, 0) is 46.2 Å². The number of nitroso groups, excluding NO2 is 1. The van der Waals surface area contributed by atoms with Gasteiger partial charge in [-0.25, -0.2) is 9.80 Å². The molecule has 1 aromatic carbocycles. The molecular formula is C16H23N3O3. The van der Waals surface area contributed by atoms with Gasteiger partial charge in [-0.1, -0.05) is 19.1 Å². The second-order valence-corrected chi connectivity index (χ2v) is 6.48. The number of amides is 1. The van der Waals surface area contributed by atoms with Crippen LogP contribution in [0.1, 0.15) is 41.0 Å². The Morgan fingerprint density at radius 1 is 1.27 bits per heavy atom. The second kappa shape index (κ2) is 5.94. The number of ether oxygens (including phenoxy) is 1. The van der Waals surface area contributed by atoms with E-state index in [1.807, 2.05) is 46.8 Å². The quantitative estimate of drug-likeness (QED) is 0.772. The van der Waals surface area contributed by atoms with Gasteiger partial charge in [-0.2, -0.15) is 0 Å². The van der Waals surface area contributed by atoms with Crippen LogP contribution >= 0.6 is 0 Å². The van der Waals surface area contributed by atoms with E-state index < -0.39 is 11.7 Å². The van der Waals surface area contributed by atoms with E-state index in [1.54, 1.807) is 17.0 Å². The smallest absolute Gasteiger partial charge is 0.415 e. The number of carbonyl (C=O) groups is 1. The van der Waals surface area contributed by atoms with Gasteiger partial charge in [0.05, 0.1) is 28.7 Å². The molecule has 120 valence electrons. The van der Waals surface area contributed by atoms with E-state index in [9.17, 15) is 9.70 Å². The minimum absolute atomic E-state index is 0.181. The standard InChI is InChI=1S/C16H23N3O3/c1-6-12-11(2)18(15(20)22-16(3,4)5)13-9-7-8-10-14(13)19(12)17-21/h7-12H,6H2,1-5H3. The predicted molar refractivity (Wildman–Crippen MR) is 87.0 cm³/mol. The third-order valence-electron chi connectivity index (χ3n) is 3.76. The van der Waals surface area contributed by atoms with Gasteiger partial charge in [-0.15, -0.1) is 4.91 Å². The molecule has 2 rings (SSSR count). The number of hydrogen-bond acceptors (Lipinski definition) is 4. The van der Waals surface area contributed by atoms with Gasteiger partial charge in [0.25, 0.3) is 0 Å². The topological polar surface area (TPSA) is 62.2 Å². The maximum Gasteiger partial charge on any atom is 0.415 e. The number of carbonyl (C=O) groups excluding carboxylic acids is 1. The van der Waals surface area contributed by atoms with E-state index >= 15 is 0 Å². The Labute approximate surface area is 131 Å². The summed E-state index contributed by atoms with van der Waals surface area (Å²) in [5, 5.41) is 4.62. The Kier molecular flexibility index (Phi) is 4.39. The van der Waals surface area contributed by atoms with Crippen LogP contribution in [0, 0.1) is 4.91 Å². The molecule has 1 heterocycles. The summed E-state index contributed by atoms with van der Waals surface area (Å²) in [5.74, 6) is 0. The number of para-hydroxylation sites is 2. The van der Waals surface area contributed by atoms with Crippen molar-refractivity contribution in [3.63, 3.8) is 0 Å². The summed E-state index contributed by atoms with van der Waals surface area (Å²) in [6.07, 6.45) is 0.289. The Morgan fingerprint density at radius 2 is 1.86 bits per heavy atom. The van der Waals surface area contributed by atoms with Gasteiger partial charge in [0.15, 0.2) is 0 Å². The monoisotopic (exact) mass is 305 g/mol. The van der Waals surface area contributed by atoms with Crippen LogP contribution in [0.3, 0.4) is 0 Å². The van der Waals surface area contributed by atoms with Crippen molar-refractivity contribution in [3.8, 4) is 0 Å². The highest BCUT2D eigenvalue weighted by Gasteiger charge is 2.41. The molecule has 0 spiro atoms. The van der Waals surface area contributed by atoms with Crippen LogP contribution in [0.5, 0.6) is 0 Å². The SMILES string of the molecule is CCC1C(C)N(C(=O)OC(C)(C)C)c2ccccc2N1N=O. The molecule has 0 saturated carbocycles. The zero-order valence-electron chi connectivity index (χ0n) is 13.7. The summed E-state index contributed by atoms with van der Waals surface area (Å²) < 4.78 is 5.53. The number of anilines is 2. The Bertz CT molecular complexity index is 568. The summed E-state index contributed by atoms with van der Waals surface area (Å²) >= 11 is 0. The van der Waals surface area contributed by atoms with Gasteiger partial charge in [-0.3, -0.25) is 4.90 Å². The first kappa shape index (κ1) is 16.3. The summed E-state index contributed by atoms with van der Waals surface area (Å²) in [6, 6.07) is 6.86. The van der Waals surface area contributed by atoms with Gasteiger partial charge < -0.3 is 4.74 Å². The molecule has 0 aliphatic carbocycles. The zero-order chi connectivity index (χ0) is 16.5. The largest absolute Gasteiger partial charge is 0.443 e. The average Bonchev–Trinajstić information content (AvgIpc) is 2.43. The first-order chi connectivity index (χ1) is 10.3. The number of fused-ring (bicyclic) bond motifs is 1. The number of nitrogens with zero attached hydrogens (tertiary/aromatic N) is 3. The van der Waals surface area contributed by atoms with Crippen LogP contribution < -0.4 is 9.91 Å². The number of rotatable bonds is 2. The maximum atomic E-state index is 12.6. The number of hydrogen-bond donors (Lipinski definition) is 0. The maximum absolute atomic E-state index is 12.6. The van der Waals surface area contributed by atoms with Crippen LogP contribution in [0.15, 0.2) is 29.6 Å². The summed E-state index contributed by atoms with van der Waals surface area (Å²) in [7, 11) is 0. The summed E-state index contributed by atoms with van der Waals surface area (Å²) in [4.78, 5) is 25.5. The van der Waals surface area contributed by atoms with E-state index in [1.165, 1.54) is 5.01 Å². The molecule has 0 fully saturated rings. The molecule has 0 N–H and O–H groups in total. The minimum atomic E-state index is -0.576.